The van der Waals surface area contributed by atoms with Crippen LogP contribution in [-0.4, -0.2) is 34.4 Å². The number of aromatic nitrogens is 2. The van der Waals surface area contributed by atoms with Gasteiger partial charge >= 0.3 is 0 Å². The number of ether oxygens (including phenoxy) is 1. The van der Waals surface area contributed by atoms with Crippen molar-refractivity contribution in [3.05, 3.63) is 30.1 Å². The first-order valence-electron chi connectivity index (χ1n) is 9.04. The number of amides is 1. The van der Waals surface area contributed by atoms with Gasteiger partial charge in [-0.2, -0.15) is 4.98 Å². The third-order valence-corrected chi connectivity index (χ3v) is 5.73. The Morgan fingerprint density at radius 1 is 1.31 bits per heavy atom. The van der Waals surface area contributed by atoms with Gasteiger partial charge in [0.25, 0.3) is 5.89 Å². The van der Waals surface area contributed by atoms with Gasteiger partial charge in [0.2, 0.25) is 5.91 Å². The Kier molecular flexibility index (Phi) is 6.55. The Morgan fingerprint density at radius 2 is 2.04 bits per heavy atom. The van der Waals surface area contributed by atoms with E-state index in [4.69, 9.17) is 9.26 Å². The fraction of sp³-hybridized carbons (Fsp3) is 0.526. The molecule has 1 heterocycles. The van der Waals surface area contributed by atoms with Crippen molar-refractivity contribution in [2.45, 2.75) is 56.1 Å². The molecule has 0 saturated heterocycles. The number of benzene rings is 1. The van der Waals surface area contributed by atoms with Crippen LogP contribution < -0.4 is 10.1 Å². The molecule has 0 radical (unpaired) electrons. The van der Waals surface area contributed by atoms with Gasteiger partial charge in [-0.05, 0) is 44.0 Å². The molecule has 0 bridgehead atoms. The molecule has 1 saturated carbocycles. The Balaban J connectivity index is 1.49. The first-order chi connectivity index (χ1) is 12.7. The van der Waals surface area contributed by atoms with Crippen LogP contribution in [0.1, 0.15) is 44.9 Å². The molecule has 1 amide bonds. The van der Waals surface area contributed by atoms with Crippen LogP contribution in [0.2, 0.25) is 0 Å². The number of rotatable bonds is 7. The minimum atomic E-state index is -0.139. The number of carbonyl (C=O) groups excluding carboxylic acids is 1. The molecular formula is C19H25N3O3S. The molecule has 0 spiro atoms. The predicted molar refractivity (Wildman–Crippen MR) is 102 cm³/mol. The smallest absolute Gasteiger partial charge is 0.257 e. The fourth-order valence-electron chi connectivity index (χ4n) is 3.00. The van der Waals surface area contributed by atoms with E-state index >= 15 is 0 Å². The van der Waals surface area contributed by atoms with E-state index in [0.717, 1.165) is 24.2 Å². The second kappa shape index (κ2) is 9.07. The Morgan fingerprint density at radius 3 is 2.73 bits per heavy atom. The quantitative estimate of drug-likeness (QED) is 0.793. The summed E-state index contributed by atoms with van der Waals surface area (Å²) in [6.45, 7) is 1.92. The second-order valence-corrected chi connectivity index (χ2v) is 7.87. The van der Waals surface area contributed by atoms with Crippen LogP contribution in [0.3, 0.4) is 0 Å². The summed E-state index contributed by atoms with van der Waals surface area (Å²) in [5.41, 5.74) is 0.845. The van der Waals surface area contributed by atoms with E-state index in [2.05, 4.69) is 15.5 Å². The van der Waals surface area contributed by atoms with Gasteiger partial charge < -0.3 is 14.6 Å². The predicted octanol–water partition coefficient (Wildman–Crippen LogP) is 3.82. The molecule has 2 aromatic rings. The van der Waals surface area contributed by atoms with Crippen LogP contribution in [0.5, 0.6) is 5.75 Å². The van der Waals surface area contributed by atoms with E-state index in [1.165, 1.54) is 31.0 Å². The van der Waals surface area contributed by atoms with Crippen molar-refractivity contribution in [2.75, 3.05) is 7.11 Å². The number of hydrogen-bond donors (Lipinski definition) is 1. The van der Waals surface area contributed by atoms with Gasteiger partial charge in [-0.3, -0.25) is 4.79 Å². The second-order valence-electron chi connectivity index (χ2n) is 6.54. The third-order valence-electron chi connectivity index (χ3n) is 4.59. The van der Waals surface area contributed by atoms with Crippen molar-refractivity contribution in [3.8, 4) is 17.2 Å². The normalized spacial score (nSPS) is 16.2. The van der Waals surface area contributed by atoms with E-state index < -0.39 is 0 Å². The van der Waals surface area contributed by atoms with E-state index in [9.17, 15) is 4.79 Å². The zero-order valence-electron chi connectivity index (χ0n) is 15.2. The molecule has 1 atom stereocenters. The molecular weight excluding hydrogens is 350 g/mol. The largest absolute Gasteiger partial charge is 0.497 e. The van der Waals surface area contributed by atoms with Crippen LogP contribution in [0.4, 0.5) is 0 Å². The molecule has 1 aliphatic carbocycles. The first-order valence-corrected chi connectivity index (χ1v) is 10.1. The highest BCUT2D eigenvalue weighted by atomic mass is 32.2. The van der Waals surface area contributed by atoms with Crippen molar-refractivity contribution in [1.29, 1.82) is 0 Å². The van der Waals surface area contributed by atoms with Crippen LogP contribution in [-0.2, 0) is 10.5 Å². The topological polar surface area (TPSA) is 77.2 Å². The lowest BCUT2D eigenvalue weighted by Crippen LogP contribution is -2.40. The van der Waals surface area contributed by atoms with Crippen LogP contribution in [0.25, 0.3) is 11.5 Å². The summed E-state index contributed by atoms with van der Waals surface area (Å²) >= 11 is 1.52. The maximum atomic E-state index is 12.3. The molecule has 6 nitrogen and oxygen atoms in total. The highest BCUT2D eigenvalue weighted by Gasteiger charge is 2.20. The van der Waals surface area contributed by atoms with Crippen molar-refractivity contribution in [1.82, 2.24) is 15.5 Å². The molecule has 1 aliphatic rings. The molecule has 1 unspecified atom stereocenters. The summed E-state index contributed by atoms with van der Waals surface area (Å²) < 4.78 is 10.5. The van der Waals surface area contributed by atoms with Crippen molar-refractivity contribution in [3.63, 3.8) is 0 Å². The summed E-state index contributed by atoms with van der Waals surface area (Å²) in [5, 5.41) is 7.03. The van der Waals surface area contributed by atoms with Crippen LogP contribution in [0, 0.1) is 0 Å². The number of hydrogen-bond acceptors (Lipinski definition) is 6. The van der Waals surface area contributed by atoms with E-state index in [0.29, 0.717) is 23.5 Å². The third kappa shape index (κ3) is 5.00. The maximum Gasteiger partial charge on any atom is 0.257 e. The van der Waals surface area contributed by atoms with E-state index in [1.807, 2.05) is 31.2 Å². The highest BCUT2D eigenvalue weighted by Crippen LogP contribution is 2.23. The Bertz CT molecular complexity index is 711. The SMILES string of the molecule is COc1ccc(-c2nc(CSC(C)C(=O)NC3CCCCC3)no2)cc1. The molecule has 3 rings (SSSR count). The molecule has 1 N–H and O–H groups in total. The standard InChI is InChI=1S/C19H25N3O3S/c1-13(18(23)20-15-6-4-3-5-7-15)26-12-17-21-19(25-22-17)14-8-10-16(24-2)11-9-14/h8-11,13,15H,3-7,12H2,1-2H3,(H,20,23). The van der Waals surface area contributed by atoms with Gasteiger partial charge in [0, 0.05) is 11.6 Å². The average Bonchev–Trinajstić information content (AvgIpc) is 3.16. The monoisotopic (exact) mass is 375 g/mol. The lowest BCUT2D eigenvalue weighted by atomic mass is 9.95. The zero-order valence-corrected chi connectivity index (χ0v) is 16.1. The molecule has 26 heavy (non-hydrogen) atoms. The molecule has 140 valence electrons. The Hall–Kier alpha value is -2.02. The molecule has 0 aliphatic heterocycles. The molecule has 7 heteroatoms. The van der Waals surface area contributed by atoms with Crippen molar-refractivity contribution < 1.29 is 14.1 Å². The minimum absolute atomic E-state index is 0.0979. The lowest BCUT2D eigenvalue weighted by molar-refractivity contribution is -0.121. The Labute approximate surface area is 158 Å². The summed E-state index contributed by atoms with van der Waals surface area (Å²) in [6, 6.07) is 7.80. The van der Waals surface area contributed by atoms with Crippen LogP contribution in [0.15, 0.2) is 28.8 Å². The summed E-state index contributed by atoms with van der Waals surface area (Å²) in [4.78, 5) is 16.7. The van der Waals surface area contributed by atoms with Gasteiger partial charge in [0.15, 0.2) is 5.82 Å². The summed E-state index contributed by atoms with van der Waals surface area (Å²) in [6.07, 6.45) is 5.90. The van der Waals surface area contributed by atoms with Crippen molar-refractivity contribution in [2.24, 2.45) is 0 Å². The summed E-state index contributed by atoms with van der Waals surface area (Å²) in [7, 11) is 1.63. The highest BCUT2D eigenvalue weighted by molar-refractivity contribution is 7.99. The number of thioether (sulfide) groups is 1. The summed E-state index contributed by atoms with van der Waals surface area (Å²) in [5.74, 6) is 2.49. The van der Waals surface area contributed by atoms with Gasteiger partial charge in [0.1, 0.15) is 5.75 Å². The zero-order chi connectivity index (χ0) is 18.4. The number of methoxy groups -OCH3 is 1. The number of carbonyl (C=O) groups is 1. The molecule has 1 aromatic carbocycles. The number of nitrogens with zero attached hydrogens (tertiary/aromatic N) is 2. The molecule has 1 aromatic heterocycles. The number of nitrogens with one attached hydrogen (secondary N) is 1. The minimum Gasteiger partial charge on any atom is -0.497 e. The maximum absolute atomic E-state index is 12.3. The molecule has 1 fully saturated rings. The van der Waals surface area contributed by atoms with E-state index in [-0.39, 0.29) is 11.2 Å². The van der Waals surface area contributed by atoms with E-state index in [1.54, 1.807) is 7.11 Å². The van der Waals surface area contributed by atoms with Gasteiger partial charge in [-0.15, -0.1) is 11.8 Å². The van der Waals surface area contributed by atoms with Crippen molar-refractivity contribution >= 4 is 17.7 Å². The average molecular weight is 375 g/mol. The van der Waals surface area contributed by atoms with Gasteiger partial charge in [0.05, 0.1) is 18.1 Å². The van der Waals surface area contributed by atoms with Gasteiger partial charge in [-0.1, -0.05) is 24.4 Å². The first kappa shape index (κ1) is 18.8. The van der Waals surface area contributed by atoms with Gasteiger partial charge in [-0.25, -0.2) is 0 Å². The fourth-order valence-corrected chi connectivity index (χ4v) is 3.74. The lowest BCUT2D eigenvalue weighted by Gasteiger charge is -2.24. The van der Waals surface area contributed by atoms with Crippen LogP contribution >= 0.6 is 11.8 Å².